The topological polar surface area (TPSA) is 165 Å². The summed E-state index contributed by atoms with van der Waals surface area (Å²) in [6.45, 7) is -0.660. The molecule has 0 spiro atoms. The van der Waals surface area contributed by atoms with Gasteiger partial charge in [0.2, 0.25) is 6.29 Å². The molecule has 154 valence electrons. The number of carboxylic acid groups (broad SMARTS) is 1. The highest BCUT2D eigenvalue weighted by Crippen LogP contribution is 2.42. The highest BCUT2D eigenvalue weighted by atomic mass is 16.6. The van der Waals surface area contributed by atoms with E-state index in [2.05, 4.69) is 0 Å². The summed E-state index contributed by atoms with van der Waals surface area (Å²) in [4.78, 5) is 22.3. The maximum absolute atomic E-state index is 11.2. The van der Waals surface area contributed by atoms with E-state index in [9.17, 15) is 35.1 Å². The van der Waals surface area contributed by atoms with Crippen LogP contribution in [0.25, 0.3) is 11.1 Å². The summed E-state index contributed by atoms with van der Waals surface area (Å²) in [6, 6.07) is 10.2. The standard InChI is InChI=1S/C20H20O9/c21-8-10-5-12(7-13(6-10)18(25)26)11-1-3-14(4-2-11)29-19(27)20(28)15(9-22)16(23)17(20)24/h1-8,15-17,19,22-24,27-28H,9H2,(H,25,26). The normalized spacial score (nSPS) is 27.0. The first-order valence-electron chi connectivity index (χ1n) is 8.70. The Morgan fingerprint density at radius 1 is 1.14 bits per heavy atom. The molecule has 1 aliphatic rings. The van der Waals surface area contributed by atoms with Gasteiger partial charge in [-0.05, 0) is 41.5 Å². The second-order valence-electron chi connectivity index (χ2n) is 6.87. The quantitative estimate of drug-likeness (QED) is 0.267. The molecule has 1 aliphatic carbocycles. The number of aldehydes is 1. The Bertz CT molecular complexity index is 911. The zero-order chi connectivity index (χ0) is 21.3. The molecule has 5 unspecified atom stereocenters. The summed E-state index contributed by atoms with van der Waals surface area (Å²) in [6.07, 6.45) is -4.45. The molecule has 0 amide bonds. The van der Waals surface area contributed by atoms with Crippen LogP contribution in [0.4, 0.5) is 0 Å². The van der Waals surface area contributed by atoms with Crippen molar-refractivity contribution >= 4 is 12.3 Å². The fourth-order valence-electron chi connectivity index (χ4n) is 3.41. The second kappa shape index (κ2) is 7.90. The molecular weight excluding hydrogens is 384 g/mol. The molecule has 0 saturated heterocycles. The lowest BCUT2D eigenvalue weighted by Crippen LogP contribution is -2.76. The number of hydrogen-bond donors (Lipinski definition) is 6. The molecule has 9 nitrogen and oxygen atoms in total. The van der Waals surface area contributed by atoms with Crippen molar-refractivity contribution in [3.63, 3.8) is 0 Å². The number of rotatable bonds is 7. The van der Waals surface area contributed by atoms with Crippen LogP contribution in [0, 0.1) is 5.92 Å². The van der Waals surface area contributed by atoms with Crippen LogP contribution in [0.2, 0.25) is 0 Å². The van der Waals surface area contributed by atoms with E-state index >= 15 is 0 Å². The summed E-state index contributed by atoms with van der Waals surface area (Å²) in [5.74, 6) is -2.23. The number of aliphatic hydroxyl groups is 5. The molecule has 5 atom stereocenters. The van der Waals surface area contributed by atoms with Gasteiger partial charge < -0.3 is 35.4 Å². The van der Waals surface area contributed by atoms with E-state index in [1.165, 1.54) is 30.3 Å². The van der Waals surface area contributed by atoms with Gasteiger partial charge in [0.25, 0.3) is 0 Å². The van der Waals surface area contributed by atoms with Crippen molar-refractivity contribution in [2.75, 3.05) is 6.61 Å². The number of benzene rings is 2. The van der Waals surface area contributed by atoms with Gasteiger partial charge in [0.15, 0.2) is 5.60 Å². The summed E-state index contributed by atoms with van der Waals surface area (Å²) in [5, 5.41) is 58.3. The van der Waals surface area contributed by atoms with E-state index in [0.29, 0.717) is 17.4 Å². The third-order valence-corrected chi connectivity index (χ3v) is 5.17. The monoisotopic (exact) mass is 404 g/mol. The Balaban J connectivity index is 1.80. The van der Waals surface area contributed by atoms with Gasteiger partial charge in [-0.2, -0.15) is 0 Å². The SMILES string of the molecule is O=Cc1cc(C(=O)O)cc(-c2ccc(OC(O)C3(O)C(O)C(O)C3CO)cc2)c1. The summed E-state index contributed by atoms with van der Waals surface area (Å²) >= 11 is 0. The van der Waals surface area contributed by atoms with Gasteiger partial charge >= 0.3 is 5.97 Å². The Kier molecular flexibility index (Phi) is 5.69. The molecule has 2 aromatic carbocycles. The lowest BCUT2D eigenvalue weighted by molar-refractivity contribution is -0.332. The average Bonchev–Trinajstić information content (AvgIpc) is 2.73. The molecule has 6 N–H and O–H groups in total. The van der Waals surface area contributed by atoms with E-state index in [-0.39, 0.29) is 16.9 Å². The minimum absolute atomic E-state index is 0.0462. The summed E-state index contributed by atoms with van der Waals surface area (Å²) in [7, 11) is 0. The zero-order valence-corrected chi connectivity index (χ0v) is 15.0. The average molecular weight is 404 g/mol. The van der Waals surface area contributed by atoms with Crippen molar-refractivity contribution in [2.45, 2.75) is 24.1 Å². The van der Waals surface area contributed by atoms with Gasteiger partial charge in [-0.1, -0.05) is 12.1 Å². The Morgan fingerprint density at radius 3 is 2.34 bits per heavy atom. The minimum Gasteiger partial charge on any atom is -0.478 e. The Morgan fingerprint density at radius 2 is 1.79 bits per heavy atom. The van der Waals surface area contributed by atoms with E-state index < -0.39 is 42.6 Å². The number of aliphatic hydroxyl groups excluding tert-OH is 4. The van der Waals surface area contributed by atoms with Gasteiger partial charge in [-0.15, -0.1) is 0 Å². The number of ether oxygens (including phenoxy) is 1. The third-order valence-electron chi connectivity index (χ3n) is 5.17. The first-order valence-corrected chi connectivity index (χ1v) is 8.70. The van der Waals surface area contributed by atoms with Crippen LogP contribution in [0.15, 0.2) is 42.5 Å². The van der Waals surface area contributed by atoms with Crippen molar-refractivity contribution in [2.24, 2.45) is 5.92 Å². The first kappa shape index (κ1) is 20.9. The molecule has 3 rings (SSSR count). The Hall–Kier alpha value is -2.82. The molecule has 1 saturated carbocycles. The molecule has 1 fully saturated rings. The molecule has 0 aliphatic heterocycles. The van der Waals surface area contributed by atoms with Gasteiger partial charge in [-0.3, -0.25) is 4.79 Å². The number of aromatic carboxylic acids is 1. The summed E-state index contributed by atoms with van der Waals surface area (Å²) < 4.78 is 5.24. The van der Waals surface area contributed by atoms with Crippen molar-refractivity contribution in [1.82, 2.24) is 0 Å². The lowest BCUT2D eigenvalue weighted by atomic mass is 9.64. The van der Waals surface area contributed by atoms with Gasteiger partial charge in [0.1, 0.15) is 18.1 Å². The van der Waals surface area contributed by atoms with E-state index in [1.807, 2.05) is 0 Å². The number of carbonyl (C=O) groups excluding carboxylic acids is 1. The minimum atomic E-state index is -2.23. The fraction of sp³-hybridized carbons (Fsp3) is 0.300. The van der Waals surface area contributed by atoms with Gasteiger partial charge in [-0.25, -0.2) is 4.79 Å². The molecular formula is C20H20O9. The third kappa shape index (κ3) is 3.61. The largest absolute Gasteiger partial charge is 0.478 e. The molecule has 0 heterocycles. The molecule has 0 aromatic heterocycles. The van der Waals surface area contributed by atoms with Gasteiger partial charge in [0, 0.05) is 11.5 Å². The highest BCUT2D eigenvalue weighted by Gasteiger charge is 2.65. The second-order valence-corrected chi connectivity index (χ2v) is 6.87. The van der Waals surface area contributed by atoms with Crippen LogP contribution >= 0.6 is 0 Å². The number of hydrogen-bond acceptors (Lipinski definition) is 8. The van der Waals surface area contributed by atoms with Crippen LogP contribution in [0.1, 0.15) is 20.7 Å². The lowest BCUT2D eigenvalue weighted by Gasteiger charge is -2.53. The smallest absolute Gasteiger partial charge is 0.335 e. The fourth-order valence-corrected chi connectivity index (χ4v) is 3.41. The van der Waals surface area contributed by atoms with E-state index in [1.54, 1.807) is 12.1 Å². The Labute approximate surface area is 165 Å². The van der Waals surface area contributed by atoms with Crippen LogP contribution in [0.3, 0.4) is 0 Å². The maximum Gasteiger partial charge on any atom is 0.335 e. The number of carbonyl (C=O) groups is 2. The van der Waals surface area contributed by atoms with Crippen molar-refractivity contribution < 1.29 is 45.0 Å². The maximum atomic E-state index is 11.2. The van der Waals surface area contributed by atoms with Crippen LogP contribution in [-0.4, -0.2) is 73.6 Å². The van der Waals surface area contributed by atoms with Gasteiger partial charge in [0.05, 0.1) is 18.3 Å². The van der Waals surface area contributed by atoms with Crippen LogP contribution < -0.4 is 4.74 Å². The zero-order valence-electron chi connectivity index (χ0n) is 15.0. The first-order chi connectivity index (χ1) is 13.7. The molecule has 9 heteroatoms. The highest BCUT2D eigenvalue weighted by molar-refractivity contribution is 5.92. The van der Waals surface area contributed by atoms with Crippen molar-refractivity contribution in [3.8, 4) is 16.9 Å². The predicted molar refractivity (Wildman–Crippen MR) is 98.4 cm³/mol. The van der Waals surface area contributed by atoms with Crippen molar-refractivity contribution in [3.05, 3.63) is 53.6 Å². The molecule has 2 aromatic rings. The summed E-state index contributed by atoms with van der Waals surface area (Å²) in [5.41, 5.74) is -1.03. The van der Waals surface area contributed by atoms with E-state index in [0.717, 1.165) is 0 Å². The van der Waals surface area contributed by atoms with Crippen molar-refractivity contribution in [1.29, 1.82) is 0 Å². The molecule has 0 radical (unpaired) electrons. The van der Waals surface area contributed by atoms with Crippen LogP contribution in [-0.2, 0) is 0 Å². The van der Waals surface area contributed by atoms with E-state index in [4.69, 9.17) is 9.84 Å². The van der Waals surface area contributed by atoms with Crippen LogP contribution in [0.5, 0.6) is 5.75 Å². The molecule has 0 bridgehead atoms. The molecule has 29 heavy (non-hydrogen) atoms. The predicted octanol–water partition coefficient (Wildman–Crippen LogP) is -0.364. The number of carboxylic acids is 1.